The molecule has 0 spiro atoms. The van der Waals surface area contributed by atoms with Gasteiger partial charge in [0.05, 0.1) is 5.56 Å². The van der Waals surface area contributed by atoms with Gasteiger partial charge in [-0.15, -0.1) is 11.3 Å². The lowest BCUT2D eigenvalue weighted by molar-refractivity contribution is 0.437. The van der Waals surface area contributed by atoms with Gasteiger partial charge in [-0.25, -0.2) is 0 Å². The predicted octanol–water partition coefficient (Wildman–Crippen LogP) is 4.71. The van der Waals surface area contributed by atoms with Gasteiger partial charge in [0.25, 0.3) is 0 Å². The molecule has 0 aliphatic heterocycles. The SMILES string of the molecule is Cc1ccc2oc(-c3noc(N)c3-c3cccs3)cc2c1. The minimum Gasteiger partial charge on any atom is -0.454 e. The van der Waals surface area contributed by atoms with Crippen LogP contribution in [0.25, 0.3) is 32.9 Å². The molecule has 3 heterocycles. The van der Waals surface area contributed by atoms with E-state index in [2.05, 4.69) is 18.1 Å². The van der Waals surface area contributed by atoms with Crippen molar-refractivity contribution < 1.29 is 8.94 Å². The first kappa shape index (κ1) is 12.2. The van der Waals surface area contributed by atoms with Gasteiger partial charge in [0.15, 0.2) is 11.5 Å². The van der Waals surface area contributed by atoms with E-state index in [-0.39, 0.29) is 0 Å². The van der Waals surface area contributed by atoms with E-state index in [1.165, 1.54) is 5.56 Å². The molecule has 0 atom stereocenters. The van der Waals surface area contributed by atoms with Crippen LogP contribution in [0.4, 0.5) is 5.88 Å². The normalized spacial score (nSPS) is 11.3. The zero-order chi connectivity index (χ0) is 14.4. The van der Waals surface area contributed by atoms with Crippen molar-refractivity contribution in [2.45, 2.75) is 6.92 Å². The van der Waals surface area contributed by atoms with E-state index in [0.29, 0.717) is 17.3 Å². The summed E-state index contributed by atoms with van der Waals surface area (Å²) in [5.74, 6) is 0.975. The fourth-order valence-corrected chi connectivity index (χ4v) is 3.19. The van der Waals surface area contributed by atoms with E-state index in [0.717, 1.165) is 21.4 Å². The molecule has 21 heavy (non-hydrogen) atoms. The number of anilines is 1. The highest BCUT2D eigenvalue weighted by molar-refractivity contribution is 7.13. The molecule has 0 saturated carbocycles. The quantitative estimate of drug-likeness (QED) is 0.582. The molecule has 0 bridgehead atoms. The summed E-state index contributed by atoms with van der Waals surface area (Å²) in [4.78, 5) is 1.01. The smallest absolute Gasteiger partial charge is 0.231 e. The molecular formula is C16H12N2O2S. The van der Waals surface area contributed by atoms with Crippen LogP contribution in [0.3, 0.4) is 0 Å². The van der Waals surface area contributed by atoms with Gasteiger partial charge in [-0.05, 0) is 36.6 Å². The third-order valence-electron chi connectivity index (χ3n) is 3.39. The molecule has 5 heteroatoms. The van der Waals surface area contributed by atoms with Gasteiger partial charge in [-0.1, -0.05) is 22.9 Å². The molecule has 1 aromatic carbocycles. The molecule has 0 fully saturated rings. The highest BCUT2D eigenvalue weighted by Gasteiger charge is 2.21. The molecule has 0 aliphatic carbocycles. The van der Waals surface area contributed by atoms with Crippen LogP contribution < -0.4 is 5.73 Å². The van der Waals surface area contributed by atoms with Crippen molar-refractivity contribution in [1.82, 2.24) is 5.16 Å². The first-order valence-electron chi connectivity index (χ1n) is 6.52. The zero-order valence-electron chi connectivity index (χ0n) is 11.3. The van der Waals surface area contributed by atoms with Crippen LogP contribution in [-0.4, -0.2) is 5.16 Å². The first-order valence-corrected chi connectivity index (χ1v) is 7.40. The molecular weight excluding hydrogens is 284 g/mol. The van der Waals surface area contributed by atoms with Gasteiger partial charge in [0, 0.05) is 10.3 Å². The number of nitrogen functional groups attached to an aromatic ring is 1. The molecule has 0 aliphatic rings. The number of fused-ring (bicyclic) bond motifs is 1. The van der Waals surface area contributed by atoms with Crippen molar-refractivity contribution in [2.24, 2.45) is 0 Å². The lowest BCUT2D eigenvalue weighted by atomic mass is 10.1. The fraction of sp³-hybridized carbons (Fsp3) is 0.0625. The number of aromatic nitrogens is 1. The zero-order valence-corrected chi connectivity index (χ0v) is 12.1. The highest BCUT2D eigenvalue weighted by atomic mass is 32.1. The van der Waals surface area contributed by atoms with Crippen LogP contribution in [0.15, 0.2) is 50.7 Å². The van der Waals surface area contributed by atoms with Crippen molar-refractivity contribution in [3.05, 3.63) is 47.3 Å². The number of benzene rings is 1. The third kappa shape index (κ3) is 1.94. The van der Waals surface area contributed by atoms with Crippen molar-refractivity contribution in [1.29, 1.82) is 0 Å². The molecule has 0 amide bonds. The van der Waals surface area contributed by atoms with Gasteiger partial charge in [-0.2, -0.15) is 0 Å². The number of hydrogen-bond acceptors (Lipinski definition) is 5. The van der Waals surface area contributed by atoms with E-state index in [4.69, 9.17) is 14.7 Å². The fourth-order valence-electron chi connectivity index (χ4n) is 2.41. The average Bonchev–Trinajstić information content (AvgIpc) is 3.15. The number of aryl methyl sites for hydroxylation is 1. The maximum atomic E-state index is 5.92. The lowest BCUT2D eigenvalue weighted by Crippen LogP contribution is -1.84. The molecule has 0 radical (unpaired) electrons. The Morgan fingerprint density at radius 1 is 1.19 bits per heavy atom. The second-order valence-corrected chi connectivity index (χ2v) is 5.85. The summed E-state index contributed by atoms with van der Waals surface area (Å²) in [6.45, 7) is 2.05. The second kappa shape index (κ2) is 4.49. The first-order chi connectivity index (χ1) is 10.2. The Bertz CT molecular complexity index is 919. The van der Waals surface area contributed by atoms with Crippen LogP contribution in [-0.2, 0) is 0 Å². The van der Waals surface area contributed by atoms with Crippen molar-refractivity contribution in [3.8, 4) is 21.9 Å². The van der Waals surface area contributed by atoms with Gasteiger partial charge in [0.2, 0.25) is 5.88 Å². The summed E-state index contributed by atoms with van der Waals surface area (Å²) in [6, 6.07) is 12.0. The van der Waals surface area contributed by atoms with Crippen LogP contribution >= 0.6 is 11.3 Å². The largest absolute Gasteiger partial charge is 0.454 e. The Morgan fingerprint density at radius 3 is 2.90 bits per heavy atom. The van der Waals surface area contributed by atoms with Gasteiger partial charge >= 0.3 is 0 Å². The third-order valence-corrected chi connectivity index (χ3v) is 4.28. The van der Waals surface area contributed by atoms with E-state index in [9.17, 15) is 0 Å². The molecule has 104 valence electrons. The Morgan fingerprint density at radius 2 is 2.10 bits per heavy atom. The Balaban J connectivity index is 1.93. The highest BCUT2D eigenvalue weighted by Crippen LogP contribution is 2.40. The Kier molecular flexibility index (Phi) is 2.62. The number of rotatable bonds is 2. The molecule has 2 N–H and O–H groups in total. The molecule has 0 unspecified atom stereocenters. The minimum absolute atomic E-state index is 0.309. The number of thiophene rings is 1. The van der Waals surface area contributed by atoms with E-state index in [1.54, 1.807) is 11.3 Å². The van der Waals surface area contributed by atoms with Gasteiger partial charge in [-0.3, -0.25) is 0 Å². The molecule has 4 nitrogen and oxygen atoms in total. The summed E-state index contributed by atoms with van der Waals surface area (Å²) >= 11 is 1.59. The number of furan rings is 1. The van der Waals surface area contributed by atoms with Crippen molar-refractivity contribution in [3.63, 3.8) is 0 Å². The van der Waals surface area contributed by atoms with Crippen LogP contribution in [0.1, 0.15) is 5.56 Å². The standard InChI is InChI=1S/C16H12N2O2S/c1-9-4-5-11-10(7-9)8-12(19-11)15-14(16(17)20-18-15)13-3-2-6-21-13/h2-8H,17H2,1H3. The minimum atomic E-state index is 0.309. The molecule has 0 saturated heterocycles. The van der Waals surface area contributed by atoms with Crippen LogP contribution in [0.2, 0.25) is 0 Å². The monoisotopic (exact) mass is 296 g/mol. The predicted molar refractivity (Wildman–Crippen MR) is 84.2 cm³/mol. The van der Waals surface area contributed by atoms with E-state index >= 15 is 0 Å². The number of nitrogens with two attached hydrogens (primary N) is 1. The van der Waals surface area contributed by atoms with Crippen LogP contribution in [0.5, 0.6) is 0 Å². The number of hydrogen-bond donors (Lipinski definition) is 1. The number of nitrogens with zero attached hydrogens (tertiary/aromatic N) is 1. The van der Waals surface area contributed by atoms with Gasteiger partial charge in [0.1, 0.15) is 5.58 Å². The summed E-state index contributed by atoms with van der Waals surface area (Å²) in [7, 11) is 0. The topological polar surface area (TPSA) is 65.2 Å². The molecule has 4 rings (SSSR count). The van der Waals surface area contributed by atoms with E-state index < -0.39 is 0 Å². The summed E-state index contributed by atoms with van der Waals surface area (Å²) in [6.07, 6.45) is 0. The van der Waals surface area contributed by atoms with Crippen molar-refractivity contribution >= 4 is 28.2 Å². The Hall–Kier alpha value is -2.53. The van der Waals surface area contributed by atoms with Crippen LogP contribution in [0, 0.1) is 6.92 Å². The molecule has 4 aromatic rings. The maximum absolute atomic E-state index is 5.92. The average molecular weight is 296 g/mol. The summed E-state index contributed by atoms with van der Waals surface area (Å²) in [5, 5.41) is 7.11. The van der Waals surface area contributed by atoms with E-state index in [1.807, 2.05) is 35.7 Å². The summed E-state index contributed by atoms with van der Waals surface area (Å²) in [5.41, 5.74) is 9.37. The van der Waals surface area contributed by atoms with Gasteiger partial charge < -0.3 is 14.7 Å². The second-order valence-electron chi connectivity index (χ2n) is 4.90. The maximum Gasteiger partial charge on any atom is 0.231 e. The Labute approximate surface area is 124 Å². The van der Waals surface area contributed by atoms with Crippen molar-refractivity contribution in [2.75, 3.05) is 5.73 Å². The lowest BCUT2D eigenvalue weighted by Gasteiger charge is -1.95. The molecule has 3 aromatic heterocycles. The summed E-state index contributed by atoms with van der Waals surface area (Å²) < 4.78 is 11.1.